The number of benzene rings is 1. The van der Waals surface area contributed by atoms with Gasteiger partial charge in [-0.1, -0.05) is 25.2 Å². The Morgan fingerprint density at radius 2 is 1.95 bits per heavy atom. The van der Waals surface area contributed by atoms with Crippen LogP contribution in [0.1, 0.15) is 25.3 Å². The topological polar surface area (TPSA) is 63.4 Å². The molecule has 1 heterocycles. The number of amides is 2. The molecule has 1 aliphatic rings. The van der Waals surface area contributed by atoms with E-state index in [1.165, 1.54) is 18.2 Å². The number of nitrogens with zero attached hydrogens (tertiary/aromatic N) is 1. The summed E-state index contributed by atoms with van der Waals surface area (Å²) < 4.78 is 13.8. The van der Waals surface area contributed by atoms with Crippen LogP contribution in [0.5, 0.6) is 0 Å². The van der Waals surface area contributed by atoms with Crippen molar-refractivity contribution in [2.45, 2.75) is 19.8 Å². The monoisotopic (exact) mass is 280 g/mol. The third-order valence-corrected chi connectivity index (χ3v) is 3.23. The maximum Gasteiger partial charge on any atom is 0.234 e. The van der Waals surface area contributed by atoms with Gasteiger partial charge in [-0.25, -0.2) is 9.29 Å². The molecule has 2 amide bonds. The molecule has 0 bridgehead atoms. The Bertz CT molecular complexity index is 556. The number of anilines is 1. The van der Waals surface area contributed by atoms with E-state index in [2.05, 4.69) is 0 Å². The number of rotatable bonds is 2. The summed E-state index contributed by atoms with van der Waals surface area (Å²) in [4.78, 5) is 24.8. The summed E-state index contributed by atoms with van der Waals surface area (Å²) in [5, 5.41) is 0. The van der Waals surface area contributed by atoms with Crippen LogP contribution in [0.15, 0.2) is 18.2 Å². The summed E-state index contributed by atoms with van der Waals surface area (Å²) in [7, 11) is 0. The van der Waals surface area contributed by atoms with E-state index >= 15 is 0 Å². The van der Waals surface area contributed by atoms with E-state index < -0.39 is 5.82 Å². The first kappa shape index (κ1) is 13.6. The van der Waals surface area contributed by atoms with E-state index in [-0.39, 0.29) is 46.8 Å². The van der Waals surface area contributed by atoms with Crippen molar-refractivity contribution in [3.05, 3.63) is 29.6 Å². The molecule has 4 nitrogen and oxygen atoms in total. The Kier molecular flexibility index (Phi) is 3.61. The van der Waals surface area contributed by atoms with Crippen LogP contribution >= 0.6 is 12.2 Å². The van der Waals surface area contributed by atoms with Crippen LogP contribution in [-0.4, -0.2) is 16.8 Å². The number of thiocarbonyl (C=S) groups is 1. The van der Waals surface area contributed by atoms with Gasteiger partial charge >= 0.3 is 0 Å². The zero-order valence-electron chi connectivity index (χ0n) is 10.4. The number of nitrogens with two attached hydrogens (primary N) is 1. The second-order valence-corrected chi connectivity index (χ2v) is 5.07. The fourth-order valence-electron chi connectivity index (χ4n) is 2.20. The van der Waals surface area contributed by atoms with Crippen LogP contribution in [-0.2, 0) is 9.59 Å². The minimum atomic E-state index is -0.635. The van der Waals surface area contributed by atoms with Crippen LogP contribution < -0.4 is 10.6 Å². The molecule has 6 heteroatoms. The van der Waals surface area contributed by atoms with Crippen molar-refractivity contribution >= 4 is 34.7 Å². The lowest BCUT2D eigenvalue weighted by Gasteiger charge is -2.29. The van der Waals surface area contributed by atoms with E-state index in [1.54, 1.807) is 0 Å². The van der Waals surface area contributed by atoms with Gasteiger partial charge in [-0.05, 0) is 18.1 Å². The van der Waals surface area contributed by atoms with Crippen molar-refractivity contribution in [1.29, 1.82) is 0 Å². The summed E-state index contributed by atoms with van der Waals surface area (Å²) in [6.45, 7) is 1.83. The van der Waals surface area contributed by atoms with Crippen molar-refractivity contribution in [1.82, 2.24) is 0 Å². The number of carbonyl (C=O) groups excluding carboxylic acids is 2. The normalized spacial score (nSPS) is 16.8. The number of piperidine rings is 1. The van der Waals surface area contributed by atoms with Gasteiger partial charge in [-0.2, -0.15) is 0 Å². The van der Waals surface area contributed by atoms with Gasteiger partial charge < -0.3 is 5.73 Å². The first-order valence-electron chi connectivity index (χ1n) is 5.86. The lowest BCUT2D eigenvalue weighted by atomic mass is 9.96. The molecular weight excluding hydrogens is 267 g/mol. The highest BCUT2D eigenvalue weighted by Gasteiger charge is 2.33. The van der Waals surface area contributed by atoms with Crippen molar-refractivity contribution in [2.24, 2.45) is 11.7 Å². The first-order chi connectivity index (χ1) is 8.91. The number of hydrogen-bond donors (Lipinski definition) is 1. The minimum absolute atomic E-state index is 0.00177. The summed E-state index contributed by atoms with van der Waals surface area (Å²) in [6.07, 6.45) is 0.498. The predicted molar refractivity (Wildman–Crippen MR) is 73.2 cm³/mol. The zero-order chi connectivity index (χ0) is 14.2. The molecule has 0 spiro atoms. The Balaban J connectivity index is 2.53. The minimum Gasteiger partial charge on any atom is -0.389 e. The summed E-state index contributed by atoms with van der Waals surface area (Å²) in [6, 6.07) is 4.09. The molecule has 2 rings (SSSR count). The molecule has 0 radical (unpaired) electrons. The first-order valence-corrected chi connectivity index (χ1v) is 6.26. The molecule has 0 aromatic heterocycles. The van der Waals surface area contributed by atoms with Crippen molar-refractivity contribution in [2.75, 3.05) is 4.90 Å². The Morgan fingerprint density at radius 1 is 1.37 bits per heavy atom. The molecule has 100 valence electrons. The number of halogens is 1. The molecule has 1 saturated heterocycles. The predicted octanol–water partition coefficient (Wildman–Crippen LogP) is 1.75. The van der Waals surface area contributed by atoms with E-state index in [0.29, 0.717) is 0 Å². The fraction of sp³-hybridized carbons (Fsp3) is 0.308. The van der Waals surface area contributed by atoms with Gasteiger partial charge in [0, 0.05) is 12.8 Å². The molecule has 1 fully saturated rings. The Morgan fingerprint density at radius 3 is 2.47 bits per heavy atom. The molecule has 1 aromatic rings. The largest absolute Gasteiger partial charge is 0.389 e. The summed E-state index contributed by atoms with van der Waals surface area (Å²) in [5.41, 5.74) is 5.55. The molecule has 0 saturated carbocycles. The van der Waals surface area contributed by atoms with E-state index in [0.717, 1.165) is 4.90 Å². The quantitative estimate of drug-likeness (QED) is 0.662. The SMILES string of the molecule is CC1CC(=O)N(c2cccc(F)c2C(N)=S)C(=O)C1. The summed E-state index contributed by atoms with van der Waals surface area (Å²) >= 11 is 4.80. The second-order valence-electron chi connectivity index (χ2n) is 4.63. The Hall–Kier alpha value is -1.82. The van der Waals surface area contributed by atoms with E-state index in [4.69, 9.17) is 18.0 Å². The fourth-order valence-corrected chi connectivity index (χ4v) is 2.40. The van der Waals surface area contributed by atoms with Gasteiger partial charge in [0.05, 0.1) is 11.3 Å². The smallest absolute Gasteiger partial charge is 0.234 e. The molecule has 1 aliphatic heterocycles. The Labute approximate surface area is 115 Å². The van der Waals surface area contributed by atoms with E-state index in [9.17, 15) is 14.0 Å². The van der Waals surface area contributed by atoms with Crippen molar-refractivity contribution in [3.8, 4) is 0 Å². The van der Waals surface area contributed by atoms with Gasteiger partial charge in [0.1, 0.15) is 10.8 Å². The molecular formula is C13H13FN2O2S. The van der Waals surface area contributed by atoms with Gasteiger partial charge in [0.25, 0.3) is 0 Å². The molecule has 19 heavy (non-hydrogen) atoms. The van der Waals surface area contributed by atoms with Crippen molar-refractivity contribution in [3.63, 3.8) is 0 Å². The average molecular weight is 280 g/mol. The second kappa shape index (κ2) is 5.05. The third-order valence-electron chi connectivity index (χ3n) is 3.02. The molecule has 0 atom stereocenters. The van der Waals surface area contributed by atoms with Crippen LogP contribution in [0.2, 0.25) is 0 Å². The van der Waals surface area contributed by atoms with Gasteiger partial charge in [0.2, 0.25) is 11.8 Å². The highest BCUT2D eigenvalue weighted by molar-refractivity contribution is 7.80. The molecule has 1 aromatic carbocycles. The average Bonchev–Trinajstić information content (AvgIpc) is 2.26. The van der Waals surface area contributed by atoms with Gasteiger partial charge in [-0.15, -0.1) is 0 Å². The number of imide groups is 1. The highest BCUT2D eigenvalue weighted by atomic mass is 32.1. The van der Waals surface area contributed by atoms with Crippen molar-refractivity contribution < 1.29 is 14.0 Å². The zero-order valence-corrected chi connectivity index (χ0v) is 11.2. The highest BCUT2D eigenvalue weighted by Crippen LogP contribution is 2.29. The van der Waals surface area contributed by atoms with E-state index in [1.807, 2.05) is 6.92 Å². The molecule has 0 unspecified atom stereocenters. The number of carbonyl (C=O) groups is 2. The molecule has 0 aliphatic carbocycles. The lowest BCUT2D eigenvalue weighted by Crippen LogP contribution is -2.43. The van der Waals surface area contributed by atoms with Crippen LogP contribution in [0.25, 0.3) is 0 Å². The maximum atomic E-state index is 13.8. The van der Waals surface area contributed by atoms with Crippen LogP contribution in [0.4, 0.5) is 10.1 Å². The maximum absolute atomic E-state index is 13.8. The lowest BCUT2D eigenvalue weighted by molar-refractivity contribution is -0.130. The molecule has 2 N–H and O–H groups in total. The van der Waals surface area contributed by atoms with Crippen LogP contribution in [0.3, 0.4) is 0 Å². The number of hydrogen-bond acceptors (Lipinski definition) is 3. The van der Waals surface area contributed by atoms with Gasteiger partial charge in [-0.3, -0.25) is 9.59 Å². The summed E-state index contributed by atoms with van der Waals surface area (Å²) in [5.74, 6) is -1.35. The standard InChI is InChI=1S/C13H13FN2O2S/c1-7-5-10(17)16(11(18)6-7)9-4-2-3-8(14)12(9)13(15)19/h2-4,7H,5-6H2,1H3,(H2,15,19). The van der Waals surface area contributed by atoms with Gasteiger partial charge in [0.15, 0.2) is 0 Å². The van der Waals surface area contributed by atoms with Crippen LogP contribution in [0, 0.1) is 11.7 Å². The third kappa shape index (κ3) is 2.49.